The molecule has 2 N–H and O–H groups in total. The van der Waals surface area contributed by atoms with Gasteiger partial charge in [-0.25, -0.2) is 9.97 Å². The summed E-state index contributed by atoms with van der Waals surface area (Å²) in [5.74, 6) is 0.508. The maximum absolute atomic E-state index is 12.3. The van der Waals surface area contributed by atoms with Crippen molar-refractivity contribution in [3.8, 4) is 0 Å². The van der Waals surface area contributed by atoms with Gasteiger partial charge < -0.3 is 15.5 Å². The van der Waals surface area contributed by atoms with Crippen LogP contribution in [0.15, 0.2) is 36.7 Å². The molecular weight excluding hydrogens is 338 g/mol. The Labute approximate surface area is 160 Å². The van der Waals surface area contributed by atoms with E-state index in [4.69, 9.17) is 0 Å². The second kappa shape index (κ2) is 8.37. The van der Waals surface area contributed by atoms with Gasteiger partial charge in [-0.2, -0.15) is 0 Å². The van der Waals surface area contributed by atoms with Crippen LogP contribution in [0.1, 0.15) is 55.4 Å². The van der Waals surface area contributed by atoms with Gasteiger partial charge in [0, 0.05) is 30.5 Å². The minimum atomic E-state index is -0.129. The molecule has 1 aromatic carbocycles. The van der Waals surface area contributed by atoms with E-state index in [-0.39, 0.29) is 11.9 Å². The normalized spacial score (nSPS) is 17.7. The van der Waals surface area contributed by atoms with Crippen molar-refractivity contribution in [2.24, 2.45) is 0 Å². The number of nitrogens with one attached hydrogen (secondary N) is 2. The van der Waals surface area contributed by atoms with Crippen LogP contribution in [-0.4, -0.2) is 35.0 Å². The minimum Gasteiger partial charge on any atom is -0.372 e. The number of benzene rings is 1. The first-order valence-electron chi connectivity index (χ1n) is 10.0. The van der Waals surface area contributed by atoms with E-state index in [1.165, 1.54) is 37.8 Å². The van der Waals surface area contributed by atoms with Crippen molar-refractivity contribution < 1.29 is 4.79 Å². The fourth-order valence-electron chi connectivity index (χ4n) is 3.89. The molecule has 6 heteroatoms. The first-order valence-corrected chi connectivity index (χ1v) is 10.0. The first-order chi connectivity index (χ1) is 13.3. The van der Waals surface area contributed by atoms with Gasteiger partial charge in [-0.05, 0) is 49.9 Å². The molecule has 142 valence electrons. The summed E-state index contributed by atoms with van der Waals surface area (Å²) in [7, 11) is 0. The van der Waals surface area contributed by atoms with Crippen LogP contribution >= 0.6 is 0 Å². The summed E-state index contributed by atoms with van der Waals surface area (Å²) >= 11 is 0. The Morgan fingerprint density at radius 1 is 0.926 bits per heavy atom. The zero-order valence-corrected chi connectivity index (χ0v) is 15.7. The highest BCUT2D eigenvalue weighted by Crippen LogP contribution is 2.23. The highest BCUT2D eigenvalue weighted by Gasteiger charge is 2.17. The molecule has 1 saturated heterocycles. The molecule has 0 unspecified atom stereocenters. The summed E-state index contributed by atoms with van der Waals surface area (Å²) in [5, 5.41) is 6.32. The molecule has 0 atom stereocenters. The van der Waals surface area contributed by atoms with Crippen LogP contribution in [0.4, 0.5) is 17.2 Å². The van der Waals surface area contributed by atoms with Gasteiger partial charge in [0.25, 0.3) is 5.91 Å². The van der Waals surface area contributed by atoms with Gasteiger partial charge in [0.1, 0.15) is 11.5 Å². The maximum atomic E-state index is 12.3. The lowest BCUT2D eigenvalue weighted by atomic mass is 9.95. The Balaban J connectivity index is 1.33. The molecule has 0 spiro atoms. The largest absolute Gasteiger partial charge is 0.372 e. The lowest BCUT2D eigenvalue weighted by Gasteiger charge is -2.22. The molecule has 1 saturated carbocycles. The summed E-state index contributed by atoms with van der Waals surface area (Å²) < 4.78 is 0. The number of hydrogen-bond donors (Lipinski definition) is 2. The number of carbonyl (C=O) groups excluding carboxylic acids is 1. The van der Waals surface area contributed by atoms with Gasteiger partial charge >= 0.3 is 0 Å². The average Bonchev–Trinajstić information content (AvgIpc) is 3.25. The molecule has 0 bridgehead atoms. The lowest BCUT2D eigenvalue weighted by Crippen LogP contribution is -2.36. The Morgan fingerprint density at radius 2 is 1.67 bits per heavy atom. The van der Waals surface area contributed by atoms with Crippen molar-refractivity contribution in [1.29, 1.82) is 0 Å². The third-order valence-corrected chi connectivity index (χ3v) is 5.44. The molecule has 1 aliphatic heterocycles. The van der Waals surface area contributed by atoms with Gasteiger partial charge in [-0.15, -0.1) is 0 Å². The fourth-order valence-corrected chi connectivity index (χ4v) is 3.89. The molecule has 6 nitrogen and oxygen atoms in total. The summed E-state index contributed by atoms with van der Waals surface area (Å²) in [6, 6.07) is 8.65. The smallest absolute Gasteiger partial charge is 0.271 e. The van der Waals surface area contributed by atoms with Crippen LogP contribution in [0.2, 0.25) is 0 Å². The summed E-state index contributed by atoms with van der Waals surface area (Å²) in [6.07, 6.45) is 11.5. The van der Waals surface area contributed by atoms with Crippen molar-refractivity contribution in [1.82, 2.24) is 15.3 Å². The Hall–Kier alpha value is -2.63. The zero-order chi connectivity index (χ0) is 18.5. The van der Waals surface area contributed by atoms with Crippen molar-refractivity contribution in [2.75, 3.05) is 23.3 Å². The van der Waals surface area contributed by atoms with Gasteiger partial charge in [-0.3, -0.25) is 4.79 Å². The summed E-state index contributed by atoms with van der Waals surface area (Å²) in [5.41, 5.74) is 2.60. The summed E-state index contributed by atoms with van der Waals surface area (Å²) in [4.78, 5) is 23.3. The fraction of sp³-hybridized carbons (Fsp3) is 0.476. The van der Waals surface area contributed by atoms with Crippen molar-refractivity contribution in [2.45, 2.75) is 51.0 Å². The quantitative estimate of drug-likeness (QED) is 0.841. The van der Waals surface area contributed by atoms with Crippen LogP contribution in [0.25, 0.3) is 0 Å². The molecule has 27 heavy (non-hydrogen) atoms. The molecule has 1 aliphatic carbocycles. The van der Waals surface area contributed by atoms with Crippen LogP contribution < -0.4 is 15.5 Å². The van der Waals surface area contributed by atoms with Crippen molar-refractivity contribution >= 4 is 23.1 Å². The van der Waals surface area contributed by atoms with Crippen LogP contribution in [0.5, 0.6) is 0 Å². The van der Waals surface area contributed by atoms with E-state index in [1.807, 2.05) is 0 Å². The summed E-state index contributed by atoms with van der Waals surface area (Å²) in [6.45, 7) is 2.28. The highest BCUT2D eigenvalue weighted by molar-refractivity contribution is 5.92. The van der Waals surface area contributed by atoms with E-state index in [0.717, 1.165) is 31.6 Å². The van der Waals surface area contributed by atoms with Crippen molar-refractivity contribution in [3.63, 3.8) is 0 Å². The number of amides is 1. The van der Waals surface area contributed by atoms with E-state index >= 15 is 0 Å². The van der Waals surface area contributed by atoms with Crippen LogP contribution in [0, 0.1) is 0 Å². The Bertz CT molecular complexity index is 747. The zero-order valence-electron chi connectivity index (χ0n) is 15.7. The number of hydrogen-bond acceptors (Lipinski definition) is 5. The standard InChI is InChI=1S/C21H27N5O/c27-21(25-16-6-2-1-3-7-16)19-14-23-20(15-22-19)24-17-8-10-18(11-9-17)26-12-4-5-13-26/h8-11,14-16H,1-7,12-13H2,(H,23,24)(H,25,27). The van der Waals surface area contributed by atoms with Gasteiger partial charge in [0.15, 0.2) is 0 Å². The third-order valence-electron chi connectivity index (χ3n) is 5.44. The molecule has 1 amide bonds. The predicted molar refractivity (Wildman–Crippen MR) is 108 cm³/mol. The maximum Gasteiger partial charge on any atom is 0.271 e. The molecule has 0 radical (unpaired) electrons. The van der Waals surface area contributed by atoms with E-state index in [9.17, 15) is 4.79 Å². The van der Waals surface area contributed by atoms with E-state index < -0.39 is 0 Å². The topological polar surface area (TPSA) is 70.2 Å². The number of carbonyl (C=O) groups is 1. The number of rotatable bonds is 5. The predicted octanol–water partition coefficient (Wildman–Crippen LogP) is 3.88. The van der Waals surface area contributed by atoms with Gasteiger partial charge in [-0.1, -0.05) is 19.3 Å². The lowest BCUT2D eigenvalue weighted by molar-refractivity contribution is 0.0922. The van der Waals surface area contributed by atoms with E-state index in [2.05, 4.69) is 49.8 Å². The van der Waals surface area contributed by atoms with Gasteiger partial charge in [0.2, 0.25) is 0 Å². The molecule has 1 aromatic heterocycles. The molecule has 2 aromatic rings. The van der Waals surface area contributed by atoms with Crippen LogP contribution in [0.3, 0.4) is 0 Å². The van der Waals surface area contributed by atoms with E-state index in [1.54, 1.807) is 12.4 Å². The van der Waals surface area contributed by atoms with Crippen molar-refractivity contribution in [3.05, 3.63) is 42.4 Å². The van der Waals surface area contributed by atoms with E-state index in [0.29, 0.717) is 11.5 Å². The second-order valence-electron chi connectivity index (χ2n) is 7.46. The minimum absolute atomic E-state index is 0.129. The molecule has 2 heterocycles. The van der Waals surface area contributed by atoms with Gasteiger partial charge in [0.05, 0.1) is 12.4 Å². The molecule has 4 rings (SSSR count). The SMILES string of the molecule is O=C(NC1CCCCC1)c1cnc(Nc2ccc(N3CCCC3)cc2)cn1. The molecular formula is C21H27N5O. The second-order valence-corrected chi connectivity index (χ2v) is 7.46. The average molecular weight is 365 g/mol. The Morgan fingerprint density at radius 3 is 2.33 bits per heavy atom. The molecule has 2 fully saturated rings. The number of anilines is 3. The Kier molecular flexibility index (Phi) is 5.51. The monoisotopic (exact) mass is 365 g/mol. The number of aromatic nitrogens is 2. The highest BCUT2D eigenvalue weighted by atomic mass is 16.1. The van der Waals surface area contributed by atoms with Crippen LogP contribution in [-0.2, 0) is 0 Å². The first kappa shape index (κ1) is 17.8. The molecule has 2 aliphatic rings. The third kappa shape index (κ3) is 4.56. The number of nitrogens with zero attached hydrogens (tertiary/aromatic N) is 3.